The molecule has 0 heterocycles. The van der Waals surface area contributed by atoms with Gasteiger partial charge in [0.15, 0.2) is 6.61 Å². The van der Waals surface area contributed by atoms with Crippen LogP contribution in [0.5, 0.6) is 5.75 Å². The van der Waals surface area contributed by atoms with Crippen LogP contribution in [-0.2, 0) is 9.59 Å². The van der Waals surface area contributed by atoms with Crippen LogP contribution in [0, 0.1) is 12.8 Å². The molecule has 2 amide bonds. The van der Waals surface area contributed by atoms with Gasteiger partial charge in [0.2, 0.25) is 5.91 Å². The molecule has 6 heteroatoms. The Kier molecular flexibility index (Phi) is 7.04. The molecular weight excluding hydrogens is 352 g/mol. The Balaban J connectivity index is 1.88. The van der Waals surface area contributed by atoms with Crippen molar-refractivity contribution in [1.29, 1.82) is 0 Å². The van der Waals surface area contributed by atoms with Crippen LogP contribution in [0.3, 0.4) is 0 Å². The number of carbonyl (C=O) groups excluding carboxylic acids is 2. The minimum atomic E-state index is -0.432. The monoisotopic (exact) mass is 374 g/mol. The summed E-state index contributed by atoms with van der Waals surface area (Å²) in [7, 11) is 0. The molecule has 0 saturated carbocycles. The average molecular weight is 375 g/mol. The fourth-order valence-corrected chi connectivity index (χ4v) is 2.73. The summed E-state index contributed by atoms with van der Waals surface area (Å²) in [6.07, 6.45) is 0. The highest BCUT2D eigenvalue weighted by atomic mass is 35.5. The Morgan fingerprint density at radius 3 is 2.38 bits per heavy atom. The zero-order valence-electron chi connectivity index (χ0n) is 15.1. The van der Waals surface area contributed by atoms with Gasteiger partial charge in [0.05, 0.1) is 5.92 Å². The number of amides is 2. The molecule has 2 N–H and O–H groups in total. The third-order valence-electron chi connectivity index (χ3n) is 3.86. The number of hydrogen-bond donors (Lipinski definition) is 2. The number of hydrogen-bond acceptors (Lipinski definition) is 3. The van der Waals surface area contributed by atoms with E-state index in [1.807, 2.05) is 51.1 Å². The highest BCUT2D eigenvalue weighted by Crippen LogP contribution is 2.25. The summed E-state index contributed by atoms with van der Waals surface area (Å²) in [4.78, 5) is 24.4. The minimum Gasteiger partial charge on any atom is -0.484 e. The van der Waals surface area contributed by atoms with Crippen LogP contribution in [0.4, 0.5) is 0 Å². The zero-order chi connectivity index (χ0) is 19.1. The summed E-state index contributed by atoms with van der Waals surface area (Å²) in [6, 6.07) is 14.5. The van der Waals surface area contributed by atoms with Crippen LogP contribution < -0.4 is 15.6 Å². The highest BCUT2D eigenvalue weighted by Gasteiger charge is 2.24. The molecule has 0 fully saturated rings. The number of nitrogens with one attached hydrogen (secondary N) is 2. The van der Waals surface area contributed by atoms with E-state index < -0.39 is 11.8 Å². The number of benzene rings is 2. The second kappa shape index (κ2) is 9.25. The van der Waals surface area contributed by atoms with Crippen LogP contribution >= 0.6 is 11.6 Å². The van der Waals surface area contributed by atoms with Gasteiger partial charge in [0.1, 0.15) is 5.75 Å². The molecular formula is C20H23ClN2O3. The lowest BCUT2D eigenvalue weighted by atomic mass is 9.88. The van der Waals surface area contributed by atoms with Crippen molar-refractivity contribution in [3.63, 3.8) is 0 Å². The van der Waals surface area contributed by atoms with Crippen molar-refractivity contribution < 1.29 is 14.3 Å². The Hall–Kier alpha value is -2.53. The Labute approximate surface area is 158 Å². The quantitative estimate of drug-likeness (QED) is 0.759. The smallest absolute Gasteiger partial charge is 0.276 e. The number of ether oxygens (including phenoxy) is 1. The first kappa shape index (κ1) is 19.8. The van der Waals surface area contributed by atoms with Crippen molar-refractivity contribution in [1.82, 2.24) is 10.9 Å². The zero-order valence-corrected chi connectivity index (χ0v) is 15.8. The largest absolute Gasteiger partial charge is 0.484 e. The lowest BCUT2D eigenvalue weighted by molar-refractivity contribution is -0.131. The molecule has 0 unspecified atom stereocenters. The molecule has 0 aliphatic heterocycles. The van der Waals surface area contributed by atoms with Crippen molar-refractivity contribution in [2.75, 3.05) is 6.61 Å². The third kappa shape index (κ3) is 5.77. The van der Waals surface area contributed by atoms with Gasteiger partial charge in [0.25, 0.3) is 5.91 Å². The molecule has 26 heavy (non-hydrogen) atoms. The Bertz CT molecular complexity index is 760. The van der Waals surface area contributed by atoms with Crippen molar-refractivity contribution in [3.8, 4) is 5.75 Å². The van der Waals surface area contributed by atoms with Gasteiger partial charge in [-0.15, -0.1) is 0 Å². The first-order chi connectivity index (χ1) is 12.4. The van der Waals surface area contributed by atoms with Gasteiger partial charge in [-0.1, -0.05) is 49.7 Å². The van der Waals surface area contributed by atoms with Gasteiger partial charge in [-0.2, -0.15) is 0 Å². The van der Waals surface area contributed by atoms with E-state index in [1.165, 1.54) is 0 Å². The summed E-state index contributed by atoms with van der Waals surface area (Å²) in [5, 5.41) is 0.610. The van der Waals surface area contributed by atoms with Crippen LogP contribution in [0.1, 0.15) is 30.9 Å². The maximum absolute atomic E-state index is 12.5. The lowest BCUT2D eigenvalue weighted by Gasteiger charge is -2.21. The minimum absolute atomic E-state index is 0.0524. The maximum Gasteiger partial charge on any atom is 0.276 e. The summed E-state index contributed by atoms with van der Waals surface area (Å²) < 4.78 is 5.41. The second-order valence-corrected chi connectivity index (χ2v) is 6.85. The molecule has 0 bridgehead atoms. The molecule has 138 valence electrons. The molecule has 0 aliphatic rings. The molecule has 2 aromatic carbocycles. The Morgan fingerprint density at radius 1 is 1.08 bits per heavy atom. The van der Waals surface area contributed by atoms with Gasteiger partial charge in [0, 0.05) is 5.02 Å². The van der Waals surface area contributed by atoms with E-state index in [2.05, 4.69) is 10.9 Å². The van der Waals surface area contributed by atoms with Crippen molar-refractivity contribution >= 4 is 23.4 Å². The molecule has 5 nitrogen and oxygen atoms in total. The first-order valence-corrected chi connectivity index (χ1v) is 8.78. The maximum atomic E-state index is 12.5. The van der Waals surface area contributed by atoms with E-state index in [-0.39, 0.29) is 18.4 Å². The molecule has 2 aromatic rings. The van der Waals surface area contributed by atoms with Crippen LogP contribution in [0.2, 0.25) is 5.02 Å². The Morgan fingerprint density at radius 2 is 1.77 bits per heavy atom. The molecule has 0 aliphatic carbocycles. The molecule has 0 radical (unpaired) electrons. The van der Waals surface area contributed by atoms with Gasteiger partial charge in [-0.3, -0.25) is 20.4 Å². The number of hydrazine groups is 1. The van der Waals surface area contributed by atoms with E-state index in [9.17, 15) is 9.59 Å². The van der Waals surface area contributed by atoms with E-state index in [4.69, 9.17) is 16.3 Å². The number of carbonyl (C=O) groups is 2. The molecule has 0 saturated heterocycles. The molecule has 0 spiro atoms. The number of aryl methyl sites for hydroxylation is 1. The van der Waals surface area contributed by atoms with E-state index >= 15 is 0 Å². The van der Waals surface area contributed by atoms with Gasteiger partial charge in [-0.05, 0) is 48.2 Å². The molecule has 0 aromatic heterocycles. The second-order valence-electron chi connectivity index (χ2n) is 6.42. The predicted molar refractivity (Wildman–Crippen MR) is 102 cm³/mol. The van der Waals surface area contributed by atoms with Crippen LogP contribution in [0.15, 0.2) is 48.5 Å². The summed E-state index contributed by atoms with van der Waals surface area (Å²) in [5.74, 6) is -0.459. The number of rotatable bonds is 6. The normalized spacial score (nSPS) is 11.7. The third-order valence-corrected chi connectivity index (χ3v) is 4.11. The van der Waals surface area contributed by atoms with E-state index in [0.717, 1.165) is 11.1 Å². The lowest BCUT2D eigenvalue weighted by Crippen LogP contribution is -2.46. The van der Waals surface area contributed by atoms with E-state index in [0.29, 0.717) is 10.8 Å². The average Bonchev–Trinajstić information content (AvgIpc) is 2.60. The summed E-state index contributed by atoms with van der Waals surface area (Å²) >= 11 is 5.90. The standard InChI is InChI=1S/C20H23ClN2O3/c1-13(2)19(15-7-9-16(21)10-8-15)20(25)23-22-18(24)12-26-17-6-4-5-14(3)11-17/h4-11,13,19H,12H2,1-3H3,(H,22,24)(H,23,25)/t19-/m0/s1. The van der Waals surface area contributed by atoms with E-state index in [1.54, 1.807) is 18.2 Å². The number of halogens is 1. The van der Waals surface area contributed by atoms with Crippen LogP contribution in [-0.4, -0.2) is 18.4 Å². The van der Waals surface area contributed by atoms with Crippen LogP contribution in [0.25, 0.3) is 0 Å². The SMILES string of the molecule is Cc1cccc(OCC(=O)NNC(=O)[C@H](c2ccc(Cl)cc2)C(C)C)c1. The van der Waals surface area contributed by atoms with Crippen molar-refractivity contribution in [2.24, 2.45) is 5.92 Å². The van der Waals surface area contributed by atoms with Gasteiger partial charge < -0.3 is 4.74 Å². The fourth-order valence-electron chi connectivity index (χ4n) is 2.61. The molecule has 1 atom stereocenters. The summed E-state index contributed by atoms with van der Waals surface area (Å²) in [6.45, 7) is 5.65. The van der Waals surface area contributed by atoms with Gasteiger partial charge in [-0.25, -0.2) is 0 Å². The highest BCUT2D eigenvalue weighted by molar-refractivity contribution is 6.30. The summed E-state index contributed by atoms with van der Waals surface area (Å²) in [5.41, 5.74) is 6.75. The topological polar surface area (TPSA) is 67.4 Å². The van der Waals surface area contributed by atoms with Crippen molar-refractivity contribution in [2.45, 2.75) is 26.7 Å². The molecule has 2 rings (SSSR count). The van der Waals surface area contributed by atoms with Gasteiger partial charge >= 0.3 is 0 Å². The first-order valence-electron chi connectivity index (χ1n) is 8.40. The fraction of sp³-hybridized carbons (Fsp3) is 0.300. The van der Waals surface area contributed by atoms with Crippen molar-refractivity contribution in [3.05, 3.63) is 64.7 Å². The predicted octanol–water partition coefficient (Wildman–Crippen LogP) is 3.61.